The zero-order valence-corrected chi connectivity index (χ0v) is 14.9. The summed E-state index contributed by atoms with van der Waals surface area (Å²) in [5, 5.41) is 6.81. The fraction of sp³-hybridized carbons (Fsp3) is 0.333. The quantitative estimate of drug-likeness (QED) is 0.862. The molecule has 0 spiro atoms. The number of nitrogens with one attached hydrogen (secondary N) is 2. The number of nitrogens with zero attached hydrogens (tertiary/aromatic N) is 1. The van der Waals surface area contributed by atoms with E-state index in [9.17, 15) is 4.79 Å². The lowest BCUT2D eigenvalue weighted by Crippen LogP contribution is -2.40. The number of hydrogen-bond acceptors (Lipinski definition) is 3. The summed E-state index contributed by atoms with van der Waals surface area (Å²) in [6, 6.07) is 7.49. The van der Waals surface area contributed by atoms with Crippen LogP contribution in [0.3, 0.4) is 0 Å². The number of pyridine rings is 1. The number of anilines is 2. The summed E-state index contributed by atoms with van der Waals surface area (Å²) in [5.41, 5.74) is 3.91. The van der Waals surface area contributed by atoms with Crippen LogP contribution >= 0.6 is 11.6 Å². The molecule has 0 unspecified atom stereocenters. The van der Waals surface area contributed by atoms with E-state index in [2.05, 4.69) is 21.7 Å². The lowest BCUT2D eigenvalue weighted by atomic mass is 10.1. The number of hydrogen-bond donors (Lipinski definition) is 2. The number of halogens is 1. The van der Waals surface area contributed by atoms with Crippen LogP contribution in [0.1, 0.15) is 42.4 Å². The summed E-state index contributed by atoms with van der Waals surface area (Å²) >= 11 is 6.29. The van der Waals surface area contributed by atoms with E-state index < -0.39 is 0 Å². The van der Waals surface area contributed by atoms with Crippen LogP contribution in [0.25, 0.3) is 0 Å². The Morgan fingerprint density at radius 2 is 1.87 bits per heavy atom. The normalized spacial score (nSPS) is 11.2. The molecule has 2 rings (SSSR count). The molecule has 2 aromatic rings. The van der Waals surface area contributed by atoms with Gasteiger partial charge in [-0.05, 0) is 63.9 Å². The van der Waals surface area contributed by atoms with Gasteiger partial charge < -0.3 is 10.6 Å². The number of benzene rings is 1. The molecule has 0 saturated carbocycles. The van der Waals surface area contributed by atoms with Gasteiger partial charge >= 0.3 is 0 Å². The van der Waals surface area contributed by atoms with Crippen molar-refractivity contribution in [3.8, 4) is 0 Å². The van der Waals surface area contributed by atoms with Gasteiger partial charge in [0.2, 0.25) is 0 Å². The third-order valence-corrected chi connectivity index (χ3v) is 3.48. The molecule has 0 aliphatic heterocycles. The predicted octanol–water partition coefficient (Wildman–Crippen LogP) is 4.62. The summed E-state index contributed by atoms with van der Waals surface area (Å²) in [5.74, 6) is -0.186. The van der Waals surface area contributed by atoms with Gasteiger partial charge in [-0.1, -0.05) is 17.7 Å². The van der Waals surface area contributed by atoms with Crippen molar-refractivity contribution in [2.75, 3.05) is 5.32 Å². The predicted molar refractivity (Wildman–Crippen MR) is 95.7 cm³/mol. The Balaban J connectivity index is 2.16. The summed E-state index contributed by atoms with van der Waals surface area (Å²) < 4.78 is 0. The van der Waals surface area contributed by atoms with Gasteiger partial charge in [0.05, 0.1) is 22.6 Å². The van der Waals surface area contributed by atoms with Gasteiger partial charge in [0.15, 0.2) is 0 Å². The molecule has 0 atom stereocenters. The Morgan fingerprint density at radius 1 is 1.17 bits per heavy atom. The maximum absolute atomic E-state index is 12.1. The molecule has 23 heavy (non-hydrogen) atoms. The molecule has 0 radical (unpaired) electrons. The van der Waals surface area contributed by atoms with E-state index in [1.165, 1.54) is 0 Å². The second kappa shape index (κ2) is 6.59. The second-order valence-corrected chi connectivity index (χ2v) is 7.11. The third kappa shape index (κ3) is 4.70. The van der Waals surface area contributed by atoms with Crippen molar-refractivity contribution in [3.63, 3.8) is 0 Å². The minimum absolute atomic E-state index is 0.186. The number of aryl methyl sites for hydroxylation is 2. The van der Waals surface area contributed by atoms with E-state index in [0.29, 0.717) is 10.7 Å². The number of aromatic nitrogens is 1. The maximum atomic E-state index is 12.1. The second-order valence-electron chi connectivity index (χ2n) is 6.70. The van der Waals surface area contributed by atoms with Crippen molar-refractivity contribution in [2.24, 2.45) is 0 Å². The first kappa shape index (κ1) is 17.3. The van der Waals surface area contributed by atoms with E-state index in [1.807, 2.05) is 46.8 Å². The smallest absolute Gasteiger partial charge is 0.270 e. The largest absolute Gasteiger partial charge is 0.353 e. The molecule has 0 bridgehead atoms. The topological polar surface area (TPSA) is 54.0 Å². The molecule has 1 amide bonds. The summed E-state index contributed by atoms with van der Waals surface area (Å²) in [7, 11) is 0. The van der Waals surface area contributed by atoms with Gasteiger partial charge in [0.25, 0.3) is 5.91 Å². The average molecular weight is 332 g/mol. The van der Waals surface area contributed by atoms with Crippen LogP contribution in [0.5, 0.6) is 0 Å². The Labute approximate surface area is 142 Å². The van der Waals surface area contributed by atoms with Gasteiger partial charge in [0.1, 0.15) is 5.69 Å². The molecular formula is C18H22ClN3O. The first-order valence-corrected chi connectivity index (χ1v) is 7.86. The molecule has 0 aliphatic carbocycles. The van der Waals surface area contributed by atoms with Crippen LogP contribution in [0.4, 0.5) is 11.4 Å². The van der Waals surface area contributed by atoms with Crippen molar-refractivity contribution >= 4 is 28.9 Å². The SMILES string of the molecule is Cc1cc(C)c(Nc2ccc(C(=O)NC(C)(C)C)nc2)c(Cl)c1. The number of carbonyl (C=O) groups is 1. The van der Waals surface area contributed by atoms with Gasteiger partial charge in [-0.25, -0.2) is 4.98 Å². The highest BCUT2D eigenvalue weighted by atomic mass is 35.5. The van der Waals surface area contributed by atoms with Crippen molar-refractivity contribution in [1.29, 1.82) is 0 Å². The molecule has 0 aliphatic rings. The van der Waals surface area contributed by atoms with Gasteiger partial charge in [-0.2, -0.15) is 0 Å². The molecule has 2 N–H and O–H groups in total. The third-order valence-electron chi connectivity index (χ3n) is 3.19. The van der Waals surface area contributed by atoms with Gasteiger partial charge in [0, 0.05) is 5.54 Å². The number of rotatable bonds is 3. The minimum atomic E-state index is -0.289. The first-order chi connectivity index (χ1) is 10.7. The van der Waals surface area contributed by atoms with Crippen LogP contribution < -0.4 is 10.6 Å². The number of amides is 1. The Morgan fingerprint density at radius 3 is 2.39 bits per heavy atom. The van der Waals surface area contributed by atoms with Crippen molar-refractivity contribution < 1.29 is 4.79 Å². The summed E-state index contributed by atoms with van der Waals surface area (Å²) in [6.45, 7) is 9.81. The highest BCUT2D eigenvalue weighted by Crippen LogP contribution is 2.30. The van der Waals surface area contributed by atoms with Crippen molar-refractivity contribution in [3.05, 3.63) is 52.3 Å². The lowest BCUT2D eigenvalue weighted by molar-refractivity contribution is 0.0914. The standard InChI is InChI=1S/C18H22ClN3O/c1-11-8-12(2)16(14(19)9-11)21-13-6-7-15(20-10-13)17(23)22-18(3,4)5/h6-10,21H,1-5H3,(H,22,23). The summed E-state index contributed by atoms with van der Waals surface area (Å²) in [6.07, 6.45) is 1.63. The van der Waals surface area contributed by atoms with Crippen LogP contribution in [0.2, 0.25) is 5.02 Å². The van der Waals surface area contributed by atoms with Gasteiger partial charge in [-0.15, -0.1) is 0 Å². The molecule has 1 aromatic heterocycles. The highest BCUT2D eigenvalue weighted by Gasteiger charge is 2.16. The van der Waals surface area contributed by atoms with E-state index in [0.717, 1.165) is 22.5 Å². The zero-order chi connectivity index (χ0) is 17.2. The van der Waals surface area contributed by atoms with E-state index in [-0.39, 0.29) is 11.4 Å². The monoisotopic (exact) mass is 331 g/mol. The van der Waals surface area contributed by atoms with E-state index >= 15 is 0 Å². The fourth-order valence-corrected chi connectivity index (χ4v) is 2.59. The van der Waals surface area contributed by atoms with Crippen molar-refractivity contribution in [2.45, 2.75) is 40.2 Å². The molecule has 1 aromatic carbocycles. The van der Waals surface area contributed by atoms with Crippen LogP contribution in [0, 0.1) is 13.8 Å². The van der Waals surface area contributed by atoms with Crippen molar-refractivity contribution in [1.82, 2.24) is 10.3 Å². The molecule has 1 heterocycles. The van der Waals surface area contributed by atoms with E-state index in [1.54, 1.807) is 12.3 Å². The Bertz CT molecular complexity index is 695. The molecule has 122 valence electrons. The molecule has 4 nitrogen and oxygen atoms in total. The summed E-state index contributed by atoms with van der Waals surface area (Å²) in [4.78, 5) is 16.3. The number of carbonyl (C=O) groups excluding carboxylic acids is 1. The van der Waals surface area contributed by atoms with Crippen LogP contribution in [0.15, 0.2) is 30.5 Å². The average Bonchev–Trinajstić information content (AvgIpc) is 2.41. The molecule has 0 fully saturated rings. The minimum Gasteiger partial charge on any atom is -0.353 e. The lowest BCUT2D eigenvalue weighted by Gasteiger charge is -2.20. The van der Waals surface area contributed by atoms with Crippen LogP contribution in [-0.4, -0.2) is 16.4 Å². The Hall–Kier alpha value is -2.07. The van der Waals surface area contributed by atoms with E-state index in [4.69, 9.17) is 11.6 Å². The fourth-order valence-electron chi connectivity index (χ4n) is 2.23. The Kier molecular flexibility index (Phi) is 4.95. The zero-order valence-electron chi connectivity index (χ0n) is 14.1. The van der Waals surface area contributed by atoms with Gasteiger partial charge in [-0.3, -0.25) is 4.79 Å². The van der Waals surface area contributed by atoms with Crippen LogP contribution in [-0.2, 0) is 0 Å². The molecule has 0 saturated heterocycles. The molecular weight excluding hydrogens is 310 g/mol. The first-order valence-electron chi connectivity index (χ1n) is 7.48. The molecule has 5 heteroatoms. The highest BCUT2D eigenvalue weighted by molar-refractivity contribution is 6.33. The maximum Gasteiger partial charge on any atom is 0.270 e.